The fourth-order valence-electron chi connectivity index (χ4n) is 3.64. The van der Waals surface area contributed by atoms with Crippen LogP contribution in [0.25, 0.3) is 22.0 Å². The molecule has 2 aromatic heterocycles. The number of ether oxygens (including phenoxy) is 1. The number of aliphatic imine (C=N–C) groups is 1. The highest BCUT2D eigenvalue weighted by molar-refractivity contribution is 6.16. The van der Waals surface area contributed by atoms with Crippen molar-refractivity contribution in [1.29, 1.82) is 0 Å². The lowest BCUT2D eigenvalue weighted by atomic mass is 9.93. The number of nitrogens with two attached hydrogens (primary N) is 1. The van der Waals surface area contributed by atoms with E-state index in [1.807, 2.05) is 54.6 Å². The molecule has 3 heterocycles. The molecule has 30 heavy (non-hydrogen) atoms. The van der Waals surface area contributed by atoms with Gasteiger partial charge in [-0.2, -0.15) is 0 Å². The molecule has 4 aromatic rings. The predicted octanol–water partition coefficient (Wildman–Crippen LogP) is 4.03. The Morgan fingerprint density at radius 3 is 2.77 bits per heavy atom. The van der Waals surface area contributed by atoms with Gasteiger partial charge in [-0.3, -0.25) is 19.8 Å². The van der Waals surface area contributed by atoms with Crippen molar-refractivity contribution in [3.8, 4) is 22.6 Å². The van der Waals surface area contributed by atoms with Gasteiger partial charge in [-0.05, 0) is 29.8 Å². The average Bonchev–Trinajstić information content (AvgIpc) is 2.80. The van der Waals surface area contributed by atoms with E-state index in [9.17, 15) is 4.79 Å². The number of hydrogen-bond acceptors (Lipinski definition) is 6. The topological polar surface area (TPSA) is 90.5 Å². The summed E-state index contributed by atoms with van der Waals surface area (Å²) >= 11 is 0. The summed E-state index contributed by atoms with van der Waals surface area (Å²) in [7, 11) is 0. The summed E-state index contributed by atoms with van der Waals surface area (Å²) in [4.78, 5) is 25.2. The number of hydrogen-bond donors (Lipinski definition) is 1. The Bertz CT molecular complexity index is 1310. The number of Topliss-reactive ketones (excluding diaryl/α,β-unsaturated/α-hetero) is 1. The fraction of sp³-hybridized carbons (Fsp3) is 0.0833. The molecule has 0 fully saturated rings. The summed E-state index contributed by atoms with van der Waals surface area (Å²) in [6.45, 7) is 0.446. The number of ketones is 1. The second-order valence-electron chi connectivity index (χ2n) is 6.99. The third kappa shape index (κ3) is 3.23. The maximum atomic E-state index is 12.2. The van der Waals surface area contributed by atoms with Crippen LogP contribution in [0.4, 0.5) is 0 Å². The molecule has 0 saturated heterocycles. The van der Waals surface area contributed by atoms with Crippen molar-refractivity contribution < 1.29 is 9.53 Å². The standard InChI is InChI=1S/C24H18N4O2/c25-11-21-20-10-16(6-7-19(20)22(29)14-28-21)17-9-18(13-26-12-17)30-23-5-1-3-15-4-2-8-27-24(15)23/h1-10,12-13H,11,14,25H2. The molecule has 5 rings (SSSR count). The van der Waals surface area contributed by atoms with E-state index < -0.39 is 0 Å². The predicted molar refractivity (Wildman–Crippen MR) is 116 cm³/mol. The molecule has 0 radical (unpaired) electrons. The van der Waals surface area contributed by atoms with Crippen LogP contribution in [0.3, 0.4) is 0 Å². The molecule has 1 aliphatic heterocycles. The average molecular weight is 394 g/mol. The summed E-state index contributed by atoms with van der Waals surface area (Å²) in [6, 6.07) is 17.3. The van der Waals surface area contributed by atoms with Gasteiger partial charge in [-0.15, -0.1) is 0 Å². The number of fused-ring (bicyclic) bond motifs is 2. The van der Waals surface area contributed by atoms with E-state index in [-0.39, 0.29) is 12.3 Å². The monoisotopic (exact) mass is 394 g/mol. The molecular formula is C24H18N4O2. The first-order valence-electron chi connectivity index (χ1n) is 9.61. The normalized spacial score (nSPS) is 13.1. The van der Waals surface area contributed by atoms with E-state index in [2.05, 4.69) is 15.0 Å². The van der Waals surface area contributed by atoms with E-state index in [0.29, 0.717) is 23.6 Å². The van der Waals surface area contributed by atoms with Crippen molar-refractivity contribution in [2.45, 2.75) is 0 Å². The zero-order chi connectivity index (χ0) is 20.5. The summed E-state index contributed by atoms with van der Waals surface area (Å²) in [6.07, 6.45) is 5.18. The van der Waals surface area contributed by atoms with Crippen LogP contribution >= 0.6 is 0 Å². The van der Waals surface area contributed by atoms with E-state index in [0.717, 1.165) is 33.3 Å². The van der Waals surface area contributed by atoms with Gasteiger partial charge in [-0.1, -0.05) is 30.3 Å². The molecule has 0 spiro atoms. The minimum Gasteiger partial charge on any atom is -0.453 e. The Kier molecular flexibility index (Phi) is 4.53. The van der Waals surface area contributed by atoms with Crippen LogP contribution in [-0.2, 0) is 0 Å². The van der Waals surface area contributed by atoms with Gasteiger partial charge in [0.1, 0.15) is 17.8 Å². The van der Waals surface area contributed by atoms with Crippen molar-refractivity contribution >= 4 is 22.4 Å². The molecule has 0 atom stereocenters. The van der Waals surface area contributed by atoms with Crippen LogP contribution in [0.15, 0.2) is 78.2 Å². The molecule has 6 heteroatoms. The van der Waals surface area contributed by atoms with Gasteiger partial charge >= 0.3 is 0 Å². The number of carbonyl (C=O) groups is 1. The zero-order valence-corrected chi connectivity index (χ0v) is 16.1. The number of aromatic nitrogens is 2. The van der Waals surface area contributed by atoms with E-state index >= 15 is 0 Å². The first kappa shape index (κ1) is 18.1. The smallest absolute Gasteiger partial charge is 0.184 e. The number of carbonyl (C=O) groups excluding carboxylic acids is 1. The van der Waals surface area contributed by atoms with Gasteiger partial charge in [0.05, 0.1) is 11.9 Å². The van der Waals surface area contributed by atoms with Crippen LogP contribution in [0.2, 0.25) is 0 Å². The third-order valence-corrected chi connectivity index (χ3v) is 5.11. The minimum atomic E-state index is 0.00687. The Labute approximate surface area is 173 Å². The summed E-state index contributed by atoms with van der Waals surface area (Å²) in [5.41, 5.74) is 10.6. The number of pyridine rings is 2. The van der Waals surface area contributed by atoms with Gasteiger partial charge in [0.25, 0.3) is 0 Å². The van der Waals surface area contributed by atoms with Gasteiger partial charge < -0.3 is 10.5 Å². The summed E-state index contributed by atoms with van der Waals surface area (Å²) in [5, 5.41) is 1.01. The summed E-state index contributed by atoms with van der Waals surface area (Å²) < 4.78 is 6.10. The molecule has 0 unspecified atom stereocenters. The van der Waals surface area contributed by atoms with E-state index in [1.165, 1.54) is 0 Å². The number of benzene rings is 2. The molecular weight excluding hydrogens is 376 g/mol. The molecule has 0 aliphatic carbocycles. The van der Waals surface area contributed by atoms with Gasteiger partial charge in [-0.25, -0.2) is 0 Å². The van der Waals surface area contributed by atoms with Gasteiger partial charge in [0.2, 0.25) is 0 Å². The van der Waals surface area contributed by atoms with Crippen LogP contribution in [-0.4, -0.2) is 34.6 Å². The largest absolute Gasteiger partial charge is 0.453 e. The number of nitrogens with zero attached hydrogens (tertiary/aromatic N) is 3. The van der Waals surface area contributed by atoms with Crippen LogP contribution < -0.4 is 10.5 Å². The molecule has 6 nitrogen and oxygen atoms in total. The number of rotatable bonds is 4. The Morgan fingerprint density at radius 1 is 0.967 bits per heavy atom. The lowest BCUT2D eigenvalue weighted by Crippen LogP contribution is -2.24. The second kappa shape index (κ2) is 7.50. The van der Waals surface area contributed by atoms with Crippen LogP contribution in [0, 0.1) is 0 Å². The highest BCUT2D eigenvalue weighted by Gasteiger charge is 2.20. The Hall–Kier alpha value is -3.90. The molecule has 1 aliphatic rings. The molecule has 2 aromatic carbocycles. The van der Waals surface area contributed by atoms with Gasteiger partial charge in [0.15, 0.2) is 11.5 Å². The molecule has 0 saturated carbocycles. The van der Waals surface area contributed by atoms with Crippen LogP contribution in [0.5, 0.6) is 11.5 Å². The maximum Gasteiger partial charge on any atom is 0.184 e. The molecule has 0 amide bonds. The Morgan fingerprint density at radius 2 is 1.87 bits per heavy atom. The van der Waals surface area contributed by atoms with Crippen LogP contribution in [0.1, 0.15) is 15.9 Å². The highest BCUT2D eigenvalue weighted by atomic mass is 16.5. The fourth-order valence-corrected chi connectivity index (χ4v) is 3.64. The van der Waals surface area contributed by atoms with Crippen molar-refractivity contribution in [1.82, 2.24) is 9.97 Å². The third-order valence-electron chi connectivity index (χ3n) is 5.11. The highest BCUT2D eigenvalue weighted by Crippen LogP contribution is 2.31. The summed E-state index contributed by atoms with van der Waals surface area (Å²) in [5.74, 6) is 1.28. The van der Waals surface area contributed by atoms with E-state index in [4.69, 9.17) is 10.5 Å². The minimum absolute atomic E-state index is 0.00687. The zero-order valence-electron chi connectivity index (χ0n) is 16.1. The number of para-hydroxylation sites is 1. The molecule has 2 N–H and O–H groups in total. The Balaban J connectivity index is 1.52. The van der Waals surface area contributed by atoms with Crippen molar-refractivity contribution in [3.63, 3.8) is 0 Å². The quantitative estimate of drug-likeness (QED) is 0.564. The van der Waals surface area contributed by atoms with E-state index in [1.54, 1.807) is 18.6 Å². The SMILES string of the molecule is NCC1=NCC(=O)c2ccc(-c3cncc(Oc4cccc5cccnc45)c3)cc21. The lowest BCUT2D eigenvalue weighted by molar-refractivity contribution is 0.1000. The van der Waals surface area contributed by atoms with Crippen molar-refractivity contribution in [3.05, 3.63) is 84.3 Å². The lowest BCUT2D eigenvalue weighted by Gasteiger charge is -2.16. The van der Waals surface area contributed by atoms with Gasteiger partial charge in [0, 0.05) is 41.0 Å². The first-order chi connectivity index (χ1) is 14.7. The molecule has 0 bridgehead atoms. The molecule has 146 valence electrons. The van der Waals surface area contributed by atoms with Crippen molar-refractivity contribution in [2.24, 2.45) is 10.7 Å². The van der Waals surface area contributed by atoms with Crippen molar-refractivity contribution in [2.75, 3.05) is 13.1 Å². The maximum absolute atomic E-state index is 12.2. The second-order valence-corrected chi connectivity index (χ2v) is 6.99. The first-order valence-corrected chi connectivity index (χ1v) is 9.61.